The maximum absolute atomic E-state index is 14.7. The average molecular weight is 1110 g/mol. The van der Waals surface area contributed by atoms with Crippen LogP contribution in [0.15, 0.2) is 0 Å². The van der Waals surface area contributed by atoms with E-state index in [-0.39, 0.29) is 104 Å². The van der Waals surface area contributed by atoms with Crippen LogP contribution in [0.4, 0.5) is 74.6 Å². The minimum atomic E-state index is -8.91. The third kappa shape index (κ3) is 16.7. The van der Waals surface area contributed by atoms with Gasteiger partial charge in [0.15, 0.2) is 0 Å². The van der Waals surface area contributed by atoms with Crippen molar-refractivity contribution in [1.82, 2.24) is 29.2 Å². The zero-order chi connectivity index (χ0) is 56.0. The van der Waals surface area contributed by atoms with Crippen LogP contribution in [-0.4, -0.2) is 228 Å². The number of aliphatic hydroxyl groups excluding tert-OH is 1. The van der Waals surface area contributed by atoms with E-state index < -0.39 is 111 Å². The first-order valence-corrected chi connectivity index (χ1v) is 23.3. The van der Waals surface area contributed by atoms with E-state index in [1.165, 1.54) is 0 Å². The molecule has 72 heavy (non-hydrogen) atoms. The van der Waals surface area contributed by atoms with Crippen LogP contribution in [-0.2, 0) is 29.2 Å². The van der Waals surface area contributed by atoms with Crippen molar-refractivity contribution in [3.63, 3.8) is 0 Å². The summed E-state index contributed by atoms with van der Waals surface area (Å²) in [4.78, 5) is 53.3. The molecule has 0 aromatic heterocycles. The Balaban J connectivity index is 2.71. The fourth-order valence-electron chi connectivity index (χ4n) is 7.05. The van der Waals surface area contributed by atoms with Crippen molar-refractivity contribution in [1.29, 1.82) is 0 Å². The summed E-state index contributed by atoms with van der Waals surface area (Å²) in [6.45, 7) is -1.71. The summed E-state index contributed by atoms with van der Waals surface area (Å²) in [5.41, 5.74) is 0. The maximum Gasteiger partial charge on any atom is 0.460 e. The Kier molecular flexibility index (Phi) is 24.7. The van der Waals surface area contributed by atoms with E-state index in [1.54, 1.807) is 19.6 Å². The Bertz CT molecular complexity index is 1840. The molecule has 0 aliphatic carbocycles. The number of β-amino-alcohol motifs (C(OH)–C–C–N with tert-alkyl or cyclic N) is 1. The van der Waals surface area contributed by atoms with Crippen molar-refractivity contribution in [2.45, 2.75) is 118 Å². The molecule has 0 aromatic rings. The molecule has 1 heterocycles. The van der Waals surface area contributed by atoms with Gasteiger partial charge in [-0.05, 0) is 12.8 Å². The molecule has 5 N–H and O–H groups in total. The summed E-state index contributed by atoms with van der Waals surface area (Å²) in [5, 5.41) is 33.7. The number of halogens is 17. The number of carbonyl (C=O) groups is 4. The van der Waals surface area contributed by atoms with Crippen molar-refractivity contribution >= 4 is 33.8 Å². The molecule has 1 aliphatic heterocycles. The summed E-state index contributed by atoms with van der Waals surface area (Å²) in [6, 6.07) is 0. The Hall–Kier alpha value is -3.60. The van der Waals surface area contributed by atoms with Gasteiger partial charge in [0.2, 0.25) is 5.91 Å². The third-order valence-corrected chi connectivity index (χ3v) is 13.3. The van der Waals surface area contributed by atoms with Gasteiger partial charge in [-0.2, -0.15) is 78.9 Å². The molecule has 0 bridgehead atoms. The van der Waals surface area contributed by atoms with Crippen LogP contribution in [0.2, 0.25) is 0 Å². The Morgan fingerprint density at radius 1 is 0.514 bits per heavy atom. The van der Waals surface area contributed by atoms with Gasteiger partial charge in [-0.1, -0.05) is 45.4 Å². The lowest BCUT2D eigenvalue weighted by Crippen LogP contribution is -2.75. The van der Waals surface area contributed by atoms with Crippen molar-refractivity contribution in [2.24, 2.45) is 0 Å². The standard InChI is InChI=1S/C38H57F17N6O10S/c1-2-61(72(70,71)38(54,55)36(49,50)34(45,46)32(41,42)31(39,40)33(43,44)35(47,48)37(51,52)53)12-10-8-6-4-3-5-7-9-11-27(63)56-21-26(62)22-57-13-15-58(23-28(64)65)17-19-60(25-30(68)69)20-18-59(16-14-57)24-29(66)67/h26,62H,2-25H2,1H3,(H,56,63)(H,64,65)(H,66,67)(H,68,69). The van der Waals surface area contributed by atoms with Gasteiger partial charge in [0.05, 0.1) is 25.7 Å². The number of carboxylic acids is 3. The molecule has 424 valence electrons. The zero-order valence-electron chi connectivity index (χ0n) is 38.4. The monoisotopic (exact) mass is 1110 g/mol. The predicted octanol–water partition coefficient (Wildman–Crippen LogP) is 5.07. The van der Waals surface area contributed by atoms with E-state index in [0.29, 0.717) is 39.0 Å². The number of carboxylic acid groups (broad SMARTS) is 3. The number of rotatable bonds is 30. The first kappa shape index (κ1) is 66.4. The second-order valence-corrected chi connectivity index (χ2v) is 18.8. The van der Waals surface area contributed by atoms with Crippen LogP contribution >= 0.6 is 0 Å². The van der Waals surface area contributed by atoms with E-state index in [1.807, 2.05) is 0 Å². The fraction of sp³-hybridized carbons (Fsp3) is 0.895. The Labute approximate surface area is 401 Å². The molecule has 1 rings (SSSR count). The highest BCUT2D eigenvalue weighted by Gasteiger charge is 2.96. The number of hydrogen-bond donors (Lipinski definition) is 5. The van der Waals surface area contributed by atoms with Gasteiger partial charge < -0.3 is 25.7 Å². The highest BCUT2D eigenvalue weighted by atomic mass is 32.2. The summed E-state index contributed by atoms with van der Waals surface area (Å²) < 4.78 is 257. The normalized spacial score (nSPS) is 17.6. The van der Waals surface area contributed by atoms with Crippen molar-refractivity contribution in [3.8, 4) is 0 Å². The smallest absolute Gasteiger partial charge is 0.460 e. The van der Waals surface area contributed by atoms with E-state index in [9.17, 15) is 123 Å². The molecule has 0 spiro atoms. The fourth-order valence-corrected chi connectivity index (χ4v) is 8.53. The minimum absolute atomic E-state index is 0.00110. The topological polar surface area (TPSA) is 212 Å². The summed E-state index contributed by atoms with van der Waals surface area (Å²) in [7, 11) is -7.36. The van der Waals surface area contributed by atoms with E-state index in [2.05, 4.69) is 5.32 Å². The highest BCUT2D eigenvalue weighted by Crippen LogP contribution is 2.64. The van der Waals surface area contributed by atoms with Gasteiger partial charge in [-0.25, -0.2) is 8.42 Å². The second-order valence-electron chi connectivity index (χ2n) is 16.8. The molecule has 1 aliphatic rings. The number of amides is 1. The number of nitrogens with one attached hydrogen (secondary N) is 1. The van der Waals surface area contributed by atoms with Gasteiger partial charge in [0, 0.05) is 85.0 Å². The number of sulfonamides is 1. The predicted molar refractivity (Wildman–Crippen MR) is 216 cm³/mol. The zero-order valence-corrected chi connectivity index (χ0v) is 39.2. The van der Waals surface area contributed by atoms with Crippen molar-refractivity contribution in [2.75, 3.05) is 98.2 Å². The van der Waals surface area contributed by atoms with Crippen LogP contribution in [0.3, 0.4) is 0 Å². The van der Waals surface area contributed by atoms with Crippen molar-refractivity contribution < 1.29 is 123 Å². The summed E-state index contributed by atoms with van der Waals surface area (Å²) >= 11 is 0. The second kappa shape index (κ2) is 26.7. The van der Waals surface area contributed by atoms with E-state index in [4.69, 9.17) is 0 Å². The number of aliphatic carboxylic acids is 3. The molecule has 1 atom stereocenters. The molecule has 1 saturated heterocycles. The summed E-state index contributed by atoms with van der Waals surface area (Å²) in [6.07, 6.45) is -7.46. The lowest BCUT2D eigenvalue weighted by atomic mass is 9.91. The average Bonchev–Trinajstić information content (AvgIpc) is 3.24. The van der Waals surface area contributed by atoms with Gasteiger partial charge in [-0.3, -0.25) is 38.8 Å². The molecular weight excluding hydrogens is 1060 g/mol. The minimum Gasteiger partial charge on any atom is -0.480 e. The van der Waals surface area contributed by atoms with Crippen LogP contribution in [0.1, 0.15) is 64.7 Å². The molecule has 0 aromatic carbocycles. The highest BCUT2D eigenvalue weighted by molar-refractivity contribution is 7.90. The van der Waals surface area contributed by atoms with Crippen LogP contribution in [0, 0.1) is 0 Å². The first-order valence-electron chi connectivity index (χ1n) is 21.9. The van der Waals surface area contributed by atoms with Crippen LogP contribution in [0.5, 0.6) is 0 Å². The van der Waals surface area contributed by atoms with Crippen LogP contribution < -0.4 is 5.32 Å². The Morgan fingerprint density at radius 3 is 1.18 bits per heavy atom. The molecular formula is C38H57F17N6O10S. The van der Waals surface area contributed by atoms with E-state index in [0.717, 1.165) is 0 Å². The molecule has 16 nitrogen and oxygen atoms in total. The number of nitrogens with zero attached hydrogens (tertiary/aromatic N) is 5. The summed E-state index contributed by atoms with van der Waals surface area (Å²) in [5.74, 6) is -55.8. The van der Waals surface area contributed by atoms with Gasteiger partial charge in [-0.15, -0.1) is 0 Å². The lowest BCUT2D eigenvalue weighted by Gasteiger charge is -2.43. The molecule has 0 saturated carbocycles. The maximum atomic E-state index is 14.7. The SMILES string of the molecule is CCN(CCCCCCCCCCC(=O)NCC(O)CN1CCN(CC(=O)O)CCN(CC(=O)O)CCN(CC(=O)O)CC1)S(=O)(=O)C(F)(F)C(F)(F)C(F)(F)C(F)(F)C(F)(F)C(F)(F)C(F)(F)C(F)(F)F. The van der Waals surface area contributed by atoms with Gasteiger partial charge in [0.1, 0.15) is 0 Å². The first-order chi connectivity index (χ1) is 32.7. The third-order valence-electron chi connectivity index (χ3n) is 11.3. The van der Waals surface area contributed by atoms with Crippen LogP contribution in [0.25, 0.3) is 0 Å². The van der Waals surface area contributed by atoms with Gasteiger partial charge >= 0.3 is 64.9 Å². The van der Waals surface area contributed by atoms with Crippen molar-refractivity contribution in [3.05, 3.63) is 0 Å². The molecule has 1 amide bonds. The number of carbonyl (C=O) groups excluding carboxylic acids is 1. The quantitative estimate of drug-likeness (QED) is 0.0470. The number of unbranched alkanes of at least 4 members (excludes halogenated alkanes) is 7. The Morgan fingerprint density at radius 2 is 0.833 bits per heavy atom. The molecule has 0 radical (unpaired) electrons. The largest absolute Gasteiger partial charge is 0.480 e. The lowest BCUT2D eigenvalue weighted by molar-refractivity contribution is -0.458. The molecule has 34 heteroatoms. The molecule has 1 unspecified atom stereocenters. The van der Waals surface area contributed by atoms with Gasteiger partial charge in [0.25, 0.3) is 10.0 Å². The molecule has 1 fully saturated rings. The number of aliphatic hydroxyl groups is 1. The number of alkyl halides is 17. The number of hydrogen-bond acceptors (Lipinski definition) is 11. The van der Waals surface area contributed by atoms with E-state index >= 15 is 0 Å².